The molecule has 124 valence electrons. The number of carbonyl (C=O) groups excluding carboxylic acids is 1. The molecule has 2 atom stereocenters. The fourth-order valence-electron chi connectivity index (χ4n) is 2.91. The molecule has 23 heavy (non-hydrogen) atoms. The summed E-state index contributed by atoms with van der Waals surface area (Å²) in [7, 11) is 0. The minimum absolute atomic E-state index is 0. The topological polar surface area (TPSA) is 81.1 Å². The van der Waals surface area contributed by atoms with Gasteiger partial charge in [0.1, 0.15) is 0 Å². The van der Waals surface area contributed by atoms with Crippen molar-refractivity contribution in [3.8, 4) is 11.3 Å². The van der Waals surface area contributed by atoms with Gasteiger partial charge in [-0.05, 0) is 37.4 Å². The van der Waals surface area contributed by atoms with Gasteiger partial charge in [-0.25, -0.2) is 0 Å². The van der Waals surface area contributed by atoms with Gasteiger partial charge in [-0.1, -0.05) is 35.3 Å². The molecular formula is C16H19Cl2N3O2. The number of carbonyl (C=O) groups is 1. The first kappa shape index (κ1) is 17.8. The zero-order valence-electron chi connectivity index (χ0n) is 12.5. The Balaban J connectivity index is 0.00000192. The Morgan fingerprint density at radius 3 is 2.96 bits per heavy atom. The predicted molar refractivity (Wildman–Crippen MR) is 91.8 cm³/mol. The number of nitrogens with two attached hydrogens (primary N) is 1. The minimum atomic E-state index is -0.220. The lowest BCUT2D eigenvalue weighted by atomic mass is 10.0. The summed E-state index contributed by atoms with van der Waals surface area (Å²) >= 11 is 5.96. The first-order valence-corrected chi connectivity index (χ1v) is 7.79. The zero-order valence-corrected chi connectivity index (χ0v) is 14.1. The number of benzene rings is 1. The molecule has 1 amide bonds. The van der Waals surface area contributed by atoms with Crippen LogP contribution in [0.2, 0.25) is 5.02 Å². The van der Waals surface area contributed by atoms with Gasteiger partial charge in [-0.2, -0.15) is 0 Å². The van der Waals surface area contributed by atoms with E-state index in [-0.39, 0.29) is 30.0 Å². The summed E-state index contributed by atoms with van der Waals surface area (Å²) in [5.41, 5.74) is 6.80. The van der Waals surface area contributed by atoms with E-state index in [9.17, 15) is 4.79 Å². The Hall–Kier alpha value is -1.56. The summed E-state index contributed by atoms with van der Waals surface area (Å²) in [5.74, 6) is 0.653. The van der Waals surface area contributed by atoms with Crippen LogP contribution < -0.4 is 11.1 Å². The summed E-state index contributed by atoms with van der Waals surface area (Å²) < 4.78 is 5.25. The van der Waals surface area contributed by atoms with Gasteiger partial charge in [-0.15, -0.1) is 12.4 Å². The number of hydrogen-bond donors (Lipinski definition) is 2. The molecule has 1 aliphatic carbocycles. The molecule has 0 saturated heterocycles. The van der Waals surface area contributed by atoms with Crippen LogP contribution >= 0.6 is 24.0 Å². The summed E-state index contributed by atoms with van der Waals surface area (Å²) in [5, 5.41) is 7.47. The summed E-state index contributed by atoms with van der Waals surface area (Å²) in [6.07, 6.45) is 3.13. The second kappa shape index (κ2) is 7.81. The number of halogens is 2. The predicted octanol–water partition coefficient (Wildman–Crippen LogP) is 3.27. The molecule has 3 rings (SSSR count). The van der Waals surface area contributed by atoms with Crippen molar-refractivity contribution in [3.63, 3.8) is 0 Å². The van der Waals surface area contributed by atoms with Gasteiger partial charge < -0.3 is 15.6 Å². The first-order valence-electron chi connectivity index (χ1n) is 7.41. The van der Waals surface area contributed by atoms with Crippen molar-refractivity contribution in [1.29, 1.82) is 0 Å². The van der Waals surface area contributed by atoms with E-state index in [1.54, 1.807) is 18.2 Å². The van der Waals surface area contributed by atoms with Gasteiger partial charge >= 0.3 is 0 Å². The molecule has 0 bridgehead atoms. The largest absolute Gasteiger partial charge is 0.355 e. The Morgan fingerprint density at radius 1 is 1.39 bits per heavy atom. The standard InChI is InChI=1S/C16H18ClN3O2.ClH/c17-12-5-1-3-10(7-12)15-8-14(20-22-15)16(21)19-13-6-2-4-11(13)9-18;/h1,3,5,7-8,11,13H,2,4,6,9,18H2,(H,19,21);1H. The Kier molecular flexibility index (Phi) is 6.04. The SMILES string of the molecule is Cl.NCC1CCCC1NC(=O)c1cc(-c2cccc(Cl)c2)on1. The normalized spacial score (nSPS) is 20.1. The van der Waals surface area contributed by atoms with Crippen LogP contribution in [0, 0.1) is 5.92 Å². The van der Waals surface area contributed by atoms with Crippen molar-refractivity contribution in [2.24, 2.45) is 11.7 Å². The molecule has 1 aromatic carbocycles. The Bertz CT molecular complexity index is 675. The second-order valence-electron chi connectivity index (χ2n) is 5.59. The maximum Gasteiger partial charge on any atom is 0.273 e. The van der Waals surface area contributed by atoms with Crippen LogP contribution in [0.15, 0.2) is 34.9 Å². The highest BCUT2D eigenvalue weighted by molar-refractivity contribution is 6.30. The zero-order chi connectivity index (χ0) is 15.5. The number of nitrogens with one attached hydrogen (secondary N) is 1. The van der Waals surface area contributed by atoms with Crippen molar-refractivity contribution in [2.45, 2.75) is 25.3 Å². The highest BCUT2D eigenvalue weighted by atomic mass is 35.5. The molecular weight excluding hydrogens is 337 g/mol. The van der Waals surface area contributed by atoms with E-state index in [1.165, 1.54) is 0 Å². The quantitative estimate of drug-likeness (QED) is 0.881. The van der Waals surface area contributed by atoms with Crippen LogP contribution in [0.25, 0.3) is 11.3 Å². The van der Waals surface area contributed by atoms with Crippen LogP contribution in [-0.2, 0) is 0 Å². The molecule has 3 N–H and O–H groups in total. The minimum Gasteiger partial charge on any atom is -0.355 e. The Labute approximate surface area is 146 Å². The van der Waals surface area contributed by atoms with E-state index in [1.807, 2.05) is 12.1 Å². The summed E-state index contributed by atoms with van der Waals surface area (Å²) in [6.45, 7) is 0.595. The van der Waals surface area contributed by atoms with E-state index >= 15 is 0 Å². The maximum atomic E-state index is 12.3. The molecule has 7 heteroatoms. The van der Waals surface area contributed by atoms with Gasteiger partial charge in [0.05, 0.1) is 0 Å². The number of nitrogens with zero attached hydrogens (tertiary/aromatic N) is 1. The van der Waals surface area contributed by atoms with Crippen molar-refractivity contribution < 1.29 is 9.32 Å². The lowest BCUT2D eigenvalue weighted by Gasteiger charge is -2.18. The third-order valence-electron chi connectivity index (χ3n) is 4.13. The molecule has 0 aliphatic heterocycles. The van der Waals surface area contributed by atoms with Gasteiger partial charge in [0.2, 0.25) is 0 Å². The van der Waals surface area contributed by atoms with Gasteiger partial charge in [0.15, 0.2) is 11.5 Å². The van der Waals surface area contributed by atoms with Crippen LogP contribution in [0.3, 0.4) is 0 Å². The molecule has 1 heterocycles. The number of hydrogen-bond acceptors (Lipinski definition) is 4. The molecule has 1 aliphatic rings. The molecule has 5 nitrogen and oxygen atoms in total. The van der Waals surface area contributed by atoms with Crippen LogP contribution in [-0.4, -0.2) is 23.7 Å². The fraction of sp³-hybridized carbons (Fsp3) is 0.375. The van der Waals surface area contributed by atoms with Gasteiger partial charge in [0, 0.05) is 22.7 Å². The smallest absolute Gasteiger partial charge is 0.273 e. The molecule has 0 radical (unpaired) electrons. The monoisotopic (exact) mass is 355 g/mol. The van der Waals surface area contributed by atoms with E-state index in [0.29, 0.717) is 23.2 Å². The molecule has 1 saturated carbocycles. The van der Waals surface area contributed by atoms with Crippen molar-refractivity contribution in [2.75, 3.05) is 6.54 Å². The van der Waals surface area contributed by atoms with E-state index < -0.39 is 0 Å². The third kappa shape index (κ3) is 4.05. The van der Waals surface area contributed by atoms with Gasteiger partial charge in [-0.3, -0.25) is 4.79 Å². The van der Waals surface area contributed by atoms with Crippen LogP contribution in [0.1, 0.15) is 29.8 Å². The summed E-state index contributed by atoms with van der Waals surface area (Å²) in [4.78, 5) is 12.3. The molecule has 2 aromatic rings. The van der Waals surface area contributed by atoms with Crippen molar-refractivity contribution in [3.05, 3.63) is 41.0 Å². The molecule has 1 fully saturated rings. The first-order chi connectivity index (χ1) is 10.7. The van der Waals surface area contributed by atoms with Crippen LogP contribution in [0.5, 0.6) is 0 Å². The van der Waals surface area contributed by atoms with Crippen LogP contribution in [0.4, 0.5) is 0 Å². The fourth-order valence-corrected chi connectivity index (χ4v) is 3.10. The maximum absolute atomic E-state index is 12.3. The average molecular weight is 356 g/mol. The van der Waals surface area contributed by atoms with Crippen molar-refractivity contribution in [1.82, 2.24) is 10.5 Å². The van der Waals surface area contributed by atoms with E-state index in [0.717, 1.165) is 24.8 Å². The number of rotatable bonds is 4. The highest BCUT2D eigenvalue weighted by Gasteiger charge is 2.28. The molecule has 2 unspecified atom stereocenters. The molecule has 0 spiro atoms. The number of amides is 1. The number of aromatic nitrogens is 1. The highest BCUT2D eigenvalue weighted by Crippen LogP contribution is 2.26. The van der Waals surface area contributed by atoms with E-state index in [4.69, 9.17) is 21.9 Å². The van der Waals surface area contributed by atoms with Crippen molar-refractivity contribution >= 4 is 29.9 Å². The third-order valence-corrected chi connectivity index (χ3v) is 4.37. The lowest BCUT2D eigenvalue weighted by molar-refractivity contribution is 0.0919. The lowest BCUT2D eigenvalue weighted by Crippen LogP contribution is -2.39. The Morgan fingerprint density at radius 2 is 2.22 bits per heavy atom. The summed E-state index contributed by atoms with van der Waals surface area (Å²) in [6, 6.07) is 8.99. The molecule has 1 aromatic heterocycles. The van der Waals surface area contributed by atoms with Gasteiger partial charge in [0.25, 0.3) is 5.91 Å². The second-order valence-corrected chi connectivity index (χ2v) is 6.03. The van der Waals surface area contributed by atoms with E-state index in [2.05, 4.69) is 10.5 Å². The average Bonchev–Trinajstić information content (AvgIpc) is 3.16.